The molecule has 2 aromatic carbocycles. The van der Waals surface area contributed by atoms with E-state index in [9.17, 15) is 23.1 Å². The van der Waals surface area contributed by atoms with Crippen molar-refractivity contribution in [3.05, 3.63) is 77.6 Å². The van der Waals surface area contributed by atoms with E-state index in [1.165, 1.54) is 24.3 Å². The molecule has 1 aliphatic rings. The number of carboxylic acid groups (broad SMARTS) is 1. The first-order chi connectivity index (χ1) is 18.2. The number of aromatic nitrogens is 2. The summed E-state index contributed by atoms with van der Waals surface area (Å²) in [6.45, 7) is 1.04. The number of nitrogens with one attached hydrogen (secondary N) is 3. The van der Waals surface area contributed by atoms with Gasteiger partial charge in [0.15, 0.2) is 0 Å². The average Bonchev–Trinajstić information content (AvgIpc) is 2.92. The summed E-state index contributed by atoms with van der Waals surface area (Å²) >= 11 is 6.42. The standard InChI is InChI=1S/C25H27ClN6O5S/c26-21-14-18(32-13-4-6-17(16-32)30-25-27-11-5-12-28-25)9-10-20(21)23(33)29-15-22(24(34)35)31-38(36,37)19-7-2-1-3-8-19/h1-3,5,7-12,14,17,22,31H,4,6,13,15-16H2,(H,29,33)(H,34,35)(H,27,28,30)/t17-,22-/m0/s1. The molecule has 13 heteroatoms. The molecule has 4 rings (SSSR count). The molecule has 1 amide bonds. The maximum Gasteiger partial charge on any atom is 0.323 e. The fourth-order valence-electron chi connectivity index (χ4n) is 4.09. The zero-order valence-corrected chi connectivity index (χ0v) is 21.8. The van der Waals surface area contributed by atoms with Crippen LogP contribution in [0.25, 0.3) is 0 Å². The second-order valence-electron chi connectivity index (χ2n) is 8.70. The number of carbonyl (C=O) groups excluding carboxylic acids is 1. The van der Waals surface area contributed by atoms with Gasteiger partial charge in [0.2, 0.25) is 16.0 Å². The summed E-state index contributed by atoms with van der Waals surface area (Å²) in [5.41, 5.74) is 0.987. The molecule has 0 saturated carbocycles. The van der Waals surface area contributed by atoms with Gasteiger partial charge in [0.25, 0.3) is 5.91 Å². The summed E-state index contributed by atoms with van der Waals surface area (Å²) < 4.78 is 27.1. The Labute approximate surface area is 225 Å². The van der Waals surface area contributed by atoms with E-state index in [4.69, 9.17) is 11.6 Å². The number of hydrogen-bond acceptors (Lipinski definition) is 8. The summed E-state index contributed by atoms with van der Waals surface area (Å²) in [7, 11) is -4.09. The fourth-order valence-corrected chi connectivity index (χ4v) is 5.57. The predicted octanol–water partition coefficient (Wildman–Crippen LogP) is 2.37. The molecule has 2 atom stereocenters. The van der Waals surface area contributed by atoms with Gasteiger partial charge in [-0.25, -0.2) is 18.4 Å². The Bertz CT molecular complexity index is 1380. The number of nitrogens with zero attached hydrogens (tertiary/aromatic N) is 3. The fraction of sp³-hybridized carbons (Fsp3) is 0.280. The van der Waals surface area contributed by atoms with Crippen LogP contribution in [0.4, 0.5) is 11.6 Å². The Morgan fingerprint density at radius 3 is 2.53 bits per heavy atom. The number of amides is 1. The first-order valence-electron chi connectivity index (χ1n) is 11.9. The molecule has 0 unspecified atom stereocenters. The molecule has 0 aliphatic carbocycles. The lowest BCUT2D eigenvalue weighted by Gasteiger charge is -2.35. The van der Waals surface area contributed by atoms with Crippen molar-refractivity contribution in [2.24, 2.45) is 0 Å². The molecule has 1 fully saturated rings. The number of halogens is 1. The molecule has 0 radical (unpaired) electrons. The largest absolute Gasteiger partial charge is 0.480 e. The normalized spacial score (nSPS) is 16.4. The van der Waals surface area contributed by atoms with Crippen molar-refractivity contribution in [1.82, 2.24) is 20.0 Å². The summed E-state index contributed by atoms with van der Waals surface area (Å²) in [5.74, 6) is -1.48. The van der Waals surface area contributed by atoms with Crippen LogP contribution in [0.5, 0.6) is 0 Å². The van der Waals surface area contributed by atoms with Crippen LogP contribution in [0.1, 0.15) is 23.2 Å². The molecular formula is C25H27ClN6O5S. The van der Waals surface area contributed by atoms with Gasteiger partial charge in [0, 0.05) is 43.8 Å². The second kappa shape index (κ2) is 12.2. The Kier molecular flexibility index (Phi) is 8.77. The maximum absolute atomic E-state index is 12.8. The lowest BCUT2D eigenvalue weighted by atomic mass is 10.0. The van der Waals surface area contributed by atoms with Gasteiger partial charge in [-0.15, -0.1) is 0 Å². The van der Waals surface area contributed by atoms with E-state index in [0.29, 0.717) is 12.5 Å². The van der Waals surface area contributed by atoms with Crippen LogP contribution in [0.3, 0.4) is 0 Å². The van der Waals surface area contributed by atoms with Crippen molar-refractivity contribution in [2.75, 3.05) is 29.9 Å². The molecule has 0 bridgehead atoms. The van der Waals surface area contributed by atoms with Crippen LogP contribution in [0.15, 0.2) is 71.9 Å². The molecule has 3 aromatic rings. The maximum atomic E-state index is 12.8. The minimum atomic E-state index is -4.09. The van der Waals surface area contributed by atoms with E-state index >= 15 is 0 Å². The summed E-state index contributed by atoms with van der Waals surface area (Å²) in [6, 6.07) is 12.7. The van der Waals surface area contributed by atoms with Gasteiger partial charge >= 0.3 is 5.97 Å². The van der Waals surface area contributed by atoms with Gasteiger partial charge in [-0.3, -0.25) is 9.59 Å². The minimum absolute atomic E-state index is 0.0809. The molecular weight excluding hydrogens is 532 g/mol. The number of carboxylic acids is 1. The molecule has 4 N–H and O–H groups in total. The van der Waals surface area contributed by atoms with Gasteiger partial charge in [-0.2, -0.15) is 4.72 Å². The lowest BCUT2D eigenvalue weighted by molar-refractivity contribution is -0.138. The van der Waals surface area contributed by atoms with Gasteiger partial charge in [0.05, 0.1) is 15.5 Å². The minimum Gasteiger partial charge on any atom is -0.480 e. The van der Waals surface area contributed by atoms with Crippen molar-refractivity contribution in [2.45, 2.75) is 29.8 Å². The molecule has 11 nitrogen and oxygen atoms in total. The number of aliphatic carboxylic acids is 1. The number of benzene rings is 2. The van der Waals surface area contributed by atoms with E-state index in [0.717, 1.165) is 25.1 Å². The van der Waals surface area contributed by atoms with E-state index in [1.807, 2.05) is 0 Å². The molecule has 2 heterocycles. The van der Waals surface area contributed by atoms with Crippen LogP contribution in [0.2, 0.25) is 5.02 Å². The third-order valence-electron chi connectivity index (χ3n) is 6.00. The summed E-state index contributed by atoms with van der Waals surface area (Å²) in [5, 5.41) is 15.5. The highest BCUT2D eigenvalue weighted by atomic mass is 35.5. The summed E-state index contributed by atoms with van der Waals surface area (Å²) in [6.07, 6.45) is 5.26. The molecule has 1 aliphatic heterocycles. The van der Waals surface area contributed by atoms with Crippen molar-refractivity contribution >= 4 is 45.1 Å². The van der Waals surface area contributed by atoms with Gasteiger partial charge in [-0.1, -0.05) is 29.8 Å². The van der Waals surface area contributed by atoms with E-state index in [-0.39, 0.29) is 21.5 Å². The summed E-state index contributed by atoms with van der Waals surface area (Å²) in [4.78, 5) is 34.9. The van der Waals surface area contributed by atoms with Gasteiger partial charge in [0.1, 0.15) is 6.04 Å². The van der Waals surface area contributed by atoms with Gasteiger partial charge < -0.3 is 20.6 Å². The average molecular weight is 559 g/mol. The molecule has 0 spiro atoms. The molecule has 1 saturated heterocycles. The predicted molar refractivity (Wildman–Crippen MR) is 143 cm³/mol. The third kappa shape index (κ3) is 6.97. The number of carbonyl (C=O) groups is 2. The molecule has 38 heavy (non-hydrogen) atoms. The Morgan fingerprint density at radius 2 is 1.84 bits per heavy atom. The number of piperidine rings is 1. The van der Waals surface area contributed by atoms with Crippen LogP contribution < -0.4 is 20.3 Å². The van der Waals surface area contributed by atoms with Crippen LogP contribution >= 0.6 is 11.6 Å². The highest BCUT2D eigenvalue weighted by Gasteiger charge is 2.27. The van der Waals surface area contributed by atoms with E-state index in [2.05, 4.69) is 30.2 Å². The zero-order chi connectivity index (χ0) is 27.1. The number of rotatable bonds is 10. The molecule has 200 valence electrons. The Hall–Kier alpha value is -3.74. The smallest absolute Gasteiger partial charge is 0.323 e. The van der Waals surface area contributed by atoms with Crippen LogP contribution in [-0.2, 0) is 14.8 Å². The first-order valence-corrected chi connectivity index (χ1v) is 13.8. The first kappa shape index (κ1) is 27.3. The quantitative estimate of drug-likeness (QED) is 0.293. The highest BCUT2D eigenvalue weighted by molar-refractivity contribution is 7.89. The van der Waals surface area contributed by atoms with Crippen molar-refractivity contribution in [3.63, 3.8) is 0 Å². The van der Waals surface area contributed by atoms with E-state index < -0.39 is 34.5 Å². The second-order valence-corrected chi connectivity index (χ2v) is 10.8. The number of sulfonamides is 1. The Morgan fingerprint density at radius 1 is 1.11 bits per heavy atom. The lowest BCUT2D eigenvalue weighted by Crippen LogP contribution is -2.48. The van der Waals surface area contributed by atoms with Crippen molar-refractivity contribution in [3.8, 4) is 0 Å². The van der Waals surface area contributed by atoms with Gasteiger partial charge in [-0.05, 0) is 49.2 Å². The number of anilines is 2. The number of hydrogen-bond donors (Lipinski definition) is 4. The zero-order valence-electron chi connectivity index (χ0n) is 20.2. The highest BCUT2D eigenvalue weighted by Crippen LogP contribution is 2.27. The third-order valence-corrected chi connectivity index (χ3v) is 7.80. The van der Waals surface area contributed by atoms with Crippen LogP contribution in [0, 0.1) is 0 Å². The topological polar surface area (TPSA) is 154 Å². The van der Waals surface area contributed by atoms with Crippen molar-refractivity contribution in [1.29, 1.82) is 0 Å². The monoisotopic (exact) mass is 558 g/mol. The Balaban J connectivity index is 1.37. The van der Waals surface area contributed by atoms with Crippen molar-refractivity contribution < 1.29 is 23.1 Å². The van der Waals surface area contributed by atoms with E-state index in [1.54, 1.807) is 42.7 Å². The SMILES string of the molecule is O=C(NC[C@H](NS(=O)(=O)c1ccccc1)C(=O)O)c1ccc(N2CCC[C@H](Nc3ncccn3)C2)cc1Cl. The molecule has 1 aromatic heterocycles. The van der Waals surface area contributed by atoms with Crippen LogP contribution in [-0.4, -0.2) is 67.1 Å².